The van der Waals surface area contributed by atoms with Crippen LogP contribution in [-0.2, 0) is 16.0 Å². The van der Waals surface area contributed by atoms with Crippen LogP contribution in [0.5, 0.6) is 0 Å². The number of para-hydroxylation sites is 1. The number of hydrogen-bond acceptors (Lipinski definition) is 3. The largest absolute Gasteiger partial charge is 0.336 e. The molecule has 0 atom stereocenters. The zero-order valence-corrected chi connectivity index (χ0v) is 17.1. The summed E-state index contributed by atoms with van der Waals surface area (Å²) >= 11 is 3.44. The number of nitrogens with zero attached hydrogens (tertiary/aromatic N) is 2. The minimum Gasteiger partial charge on any atom is -0.336 e. The van der Waals surface area contributed by atoms with E-state index in [1.54, 1.807) is 12.1 Å². The molecule has 5 rings (SSSR count). The van der Waals surface area contributed by atoms with Gasteiger partial charge in [0.1, 0.15) is 5.70 Å². The van der Waals surface area contributed by atoms with Crippen molar-refractivity contribution in [2.24, 2.45) is 0 Å². The SMILES string of the molecule is O=C1C(c2ccccc2)=C(N2CCc3ccccc32)C(=O)N1c1cccc(Br)c1. The van der Waals surface area contributed by atoms with Crippen LogP contribution in [0.1, 0.15) is 11.1 Å². The van der Waals surface area contributed by atoms with Gasteiger partial charge in [-0.25, -0.2) is 4.90 Å². The van der Waals surface area contributed by atoms with Crippen molar-refractivity contribution in [3.8, 4) is 0 Å². The highest BCUT2D eigenvalue weighted by molar-refractivity contribution is 9.10. The van der Waals surface area contributed by atoms with E-state index in [1.165, 1.54) is 10.5 Å². The predicted octanol–water partition coefficient (Wildman–Crippen LogP) is 4.80. The Morgan fingerprint density at radius 2 is 1.55 bits per heavy atom. The summed E-state index contributed by atoms with van der Waals surface area (Å²) in [6.45, 7) is 0.677. The van der Waals surface area contributed by atoms with Gasteiger partial charge >= 0.3 is 0 Å². The van der Waals surface area contributed by atoms with E-state index in [1.807, 2.05) is 65.6 Å². The first kappa shape index (κ1) is 17.9. The number of carbonyl (C=O) groups excluding carboxylic acids is 2. The van der Waals surface area contributed by atoms with Crippen molar-refractivity contribution in [2.45, 2.75) is 6.42 Å². The molecule has 142 valence electrons. The van der Waals surface area contributed by atoms with E-state index in [0.29, 0.717) is 23.5 Å². The first-order chi connectivity index (χ1) is 14.1. The predicted molar refractivity (Wildman–Crippen MR) is 117 cm³/mol. The summed E-state index contributed by atoms with van der Waals surface area (Å²) in [5, 5.41) is 0. The number of carbonyl (C=O) groups is 2. The third-order valence-corrected chi connectivity index (χ3v) is 5.84. The molecule has 3 aromatic carbocycles. The van der Waals surface area contributed by atoms with E-state index in [2.05, 4.69) is 22.0 Å². The van der Waals surface area contributed by atoms with Gasteiger partial charge in [-0.3, -0.25) is 9.59 Å². The van der Waals surface area contributed by atoms with Crippen molar-refractivity contribution in [1.82, 2.24) is 0 Å². The molecule has 0 unspecified atom stereocenters. The summed E-state index contributed by atoms with van der Waals surface area (Å²) in [5.74, 6) is -0.581. The van der Waals surface area contributed by atoms with Crippen molar-refractivity contribution >= 4 is 44.7 Å². The third kappa shape index (κ3) is 2.89. The summed E-state index contributed by atoms with van der Waals surface area (Å²) in [6.07, 6.45) is 0.847. The highest BCUT2D eigenvalue weighted by Crippen LogP contribution is 2.40. The Hall–Kier alpha value is -3.18. The number of imide groups is 1. The minimum absolute atomic E-state index is 0.288. The lowest BCUT2D eigenvalue weighted by Gasteiger charge is -2.22. The minimum atomic E-state index is -0.293. The molecule has 5 heteroatoms. The lowest BCUT2D eigenvalue weighted by Crippen LogP contribution is -2.34. The van der Waals surface area contributed by atoms with Crippen molar-refractivity contribution in [3.05, 3.63) is 100 Å². The van der Waals surface area contributed by atoms with E-state index < -0.39 is 0 Å². The summed E-state index contributed by atoms with van der Waals surface area (Å²) in [7, 11) is 0. The second-order valence-corrected chi connectivity index (χ2v) is 7.96. The number of rotatable bonds is 3. The second-order valence-electron chi connectivity index (χ2n) is 7.05. The van der Waals surface area contributed by atoms with Crippen LogP contribution in [-0.4, -0.2) is 18.4 Å². The van der Waals surface area contributed by atoms with Gasteiger partial charge in [0.25, 0.3) is 11.8 Å². The van der Waals surface area contributed by atoms with Crippen LogP contribution in [0.25, 0.3) is 5.57 Å². The molecule has 29 heavy (non-hydrogen) atoms. The van der Waals surface area contributed by atoms with Crippen molar-refractivity contribution in [3.63, 3.8) is 0 Å². The van der Waals surface area contributed by atoms with E-state index in [4.69, 9.17) is 0 Å². The Morgan fingerprint density at radius 1 is 0.793 bits per heavy atom. The van der Waals surface area contributed by atoms with Gasteiger partial charge < -0.3 is 4.90 Å². The first-order valence-electron chi connectivity index (χ1n) is 9.44. The van der Waals surface area contributed by atoms with E-state index in [9.17, 15) is 9.59 Å². The van der Waals surface area contributed by atoms with Gasteiger partial charge in [0.15, 0.2) is 0 Å². The smallest absolute Gasteiger partial charge is 0.282 e. The highest BCUT2D eigenvalue weighted by atomic mass is 79.9. The van der Waals surface area contributed by atoms with Gasteiger partial charge in [0.2, 0.25) is 0 Å². The second kappa shape index (κ2) is 7.01. The van der Waals surface area contributed by atoms with Crippen LogP contribution in [0, 0.1) is 0 Å². The molecule has 0 fully saturated rings. The van der Waals surface area contributed by atoms with Gasteiger partial charge in [0, 0.05) is 16.7 Å². The molecule has 0 saturated carbocycles. The van der Waals surface area contributed by atoms with Crippen molar-refractivity contribution in [1.29, 1.82) is 0 Å². The molecule has 0 saturated heterocycles. The Bertz CT molecular complexity index is 1170. The number of fused-ring (bicyclic) bond motifs is 1. The van der Waals surface area contributed by atoms with Crippen molar-refractivity contribution < 1.29 is 9.59 Å². The monoisotopic (exact) mass is 444 g/mol. The average molecular weight is 445 g/mol. The molecule has 0 bridgehead atoms. The molecule has 2 heterocycles. The fourth-order valence-electron chi connectivity index (χ4n) is 4.05. The Balaban J connectivity index is 1.69. The molecule has 4 nitrogen and oxygen atoms in total. The Morgan fingerprint density at radius 3 is 2.34 bits per heavy atom. The molecule has 2 aliphatic rings. The summed E-state index contributed by atoms with van der Waals surface area (Å²) in [6, 6.07) is 24.8. The summed E-state index contributed by atoms with van der Waals surface area (Å²) in [5.41, 5.74) is 4.40. The topological polar surface area (TPSA) is 40.6 Å². The van der Waals surface area contributed by atoms with Gasteiger partial charge in [0.05, 0.1) is 11.3 Å². The number of benzene rings is 3. The molecular weight excluding hydrogens is 428 g/mol. The van der Waals surface area contributed by atoms with Crippen LogP contribution in [0.4, 0.5) is 11.4 Å². The standard InChI is InChI=1S/C24H17BrN2O2/c25-18-10-6-11-19(15-18)27-23(28)21(17-8-2-1-3-9-17)22(24(27)29)26-14-13-16-7-4-5-12-20(16)26/h1-12,15H,13-14H2. The summed E-state index contributed by atoms with van der Waals surface area (Å²) < 4.78 is 0.817. The van der Waals surface area contributed by atoms with E-state index in [-0.39, 0.29) is 11.8 Å². The quantitative estimate of drug-likeness (QED) is 0.544. The molecule has 0 N–H and O–H groups in total. The van der Waals surface area contributed by atoms with Crippen LogP contribution in [0.2, 0.25) is 0 Å². The van der Waals surface area contributed by atoms with Gasteiger partial charge in [-0.2, -0.15) is 0 Å². The van der Waals surface area contributed by atoms with Crippen molar-refractivity contribution in [2.75, 3.05) is 16.3 Å². The zero-order valence-electron chi connectivity index (χ0n) is 15.5. The number of halogens is 1. The van der Waals surface area contributed by atoms with E-state index in [0.717, 1.165) is 22.1 Å². The van der Waals surface area contributed by atoms with Gasteiger partial charge in [-0.05, 0) is 41.8 Å². The van der Waals surface area contributed by atoms with Crippen LogP contribution < -0.4 is 9.80 Å². The van der Waals surface area contributed by atoms with Gasteiger partial charge in [-0.15, -0.1) is 0 Å². The normalized spacial score (nSPS) is 16.0. The first-order valence-corrected chi connectivity index (χ1v) is 10.2. The fraction of sp³-hybridized carbons (Fsp3) is 0.0833. The summed E-state index contributed by atoms with van der Waals surface area (Å²) in [4.78, 5) is 30.4. The van der Waals surface area contributed by atoms with Crippen LogP contribution in [0.3, 0.4) is 0 Å². The Labute approximate surface area is 177 Å². The molecular formula is C24H17BrN2O2. The lowest BCUT2D eigenvalue weighted by atomic mass is 10.0. The lowest BCUT2D eigenvalue weighted by molar-refractivity contribution is -0.120. The van der Waals surface area contributed by atoms with Gasteiger partial charge in [-0.1, -0.05) is 70.5 Å². The number of hydrogen-bond donors (Lipinski definition) is 0. The molecule has 0 radical (unpaired) electrons. The zero-order chi connectivity index (χ0) is 20.0. The van der Waals surface area contributed by atoms with Crippen LogP contribution >= 0.6 is 15.9 Å². The maximum absolute atomic E-state index is 13.6. The molecule has 2 amide bonds. The molecule has 0 aliphatic carbocycles. The Kier molecular flexibility index (Phi) is 4.32. The fourth-order valence-corrected chi connectivity index (χ4v) is 4.44. The maximum atomic E-state index is 13.6. The molecule has 0 spiro atoms. The van der Waals surface area contributed by atoms with Crippen LogP contribution in [0.15, 0.2) is 89.0 Å². The molecule has 3 aromatic rings. The average Bonchev–Trinajstić information content (AvgIpc) is 3.26. The number of anilines is 2. The van der Waals surface area contributed by atoms with E-state index >= 15 is 0 Å². The number of amides is 2. The maximum Gasteiger partial charge on any atom is 0.282 e. The third-order valence-electron chi connectivity index (χ3n) is 5.35. The highest BCUT2D eigenvalue weighted by Gasteiger charge is 2.44. The molecule has 2 aliphatic heterocycles. The molecule has 0 aromatic heterocycles.